The van der Waals surface area contributed by atoms with Crippen molar-refractivity contribution in [3.63, 3.8) is 0 Å². The van der Waals surface area contributed by atoms with E-state index in [0.717, 1.165) is 38.8 Å². The number of hydrogen-bond donors (Lipinski definition) is 1. The molecule has 0 bridgehead atoms. The predicted octanol–water partition coefficient (Wildman–Crippen LogP) is 7.90. The molecule has 1 saturated heterocycles. The Hall–Kier alpha value is -3.57. The summed E-state index contributed by atoms with van der Waals surface area (Å²) in [5, 5.41) is 10.6. The van der Waals surface area contributed by atoms with Crippen LogP contribution in [0.15, 0.2) is 35.8 Å². The molecule has 254 valence electrons. The molecule has 1 fully saturated rings. The first kappa shape index (κ1) is 34.8. The first-order chi connectivity index (χ1) is 22.1. The topological polar surface area (TPSA) is 109 Å². The number of hydrogen-bond acceptors (Lipinski definition) is 8. The number of carbonyl (C=O) groups is 3. The van der Waals surface area contributed by atoms with Crippen LogP contribution < -0.4 is 4.74 Å². The Morgan fingerprint density at radius 3 is 2.51 bits per heavy atom. The minimum atomic E-state index is -4.95. The fourth-order valence-corrected chi connectivity index (χ4v) is 8.04. The number of rotatable bonds is 7. The number of halogens is 7. The molecular weight excluding hydrogens is 700 g/mol. The van der Waals surface area contributed by atoms with Crippen molar-refractivity contribution < 1.29 is 55.3 Å². The van der Waals surface area contributed by atoms with Crippen molar-refractivity contribution in [2.45, 2.75) is 69.3 Å². The van der Waals surface area contributed by atoms with Crippen molar-refractivity contribution in [3.05, 3.63) is 66.8 Å². The van der Waals surface area contributed by atoms with E-state index in [1.165, 1.54) is 6.07 Å². The van der Waals surface area contributed by atoms with Crippen LogP contribution in [-0.2, 0) is 28.3 Å². The van der Waals surface area contributed by atoms with Gasteiger partial charge >= 0.3 is 18.5 Å². The van der Waals surface area contributed by atoms with Gasteiger partial charge in [0.1, 0.15) is 16.3 Å². The highest BCUT2D eigenvalue weighted by atomic mass is 35.5. The Balaban J connectivity index is 1.64. The third-order valence-corrected chi connectivity index (χ3v) is 10.2. The Morgan fingerprint density at radius 2 is 1.87 bits per heavy atom. The van der Waals surface area contributed by atoms with Crippen molar-refractivity contribution in [3.8, 4) is 5.75 Å². The summed E-state index contributed by atoms with van der Waals surface area (Å²) < 4.78 is 94.2. The lowest BCUT2D eigenvalue weighted by atomic mass is 9.79. The molecule has 0 aromatic carbocycles. The largest absolute Gasteiger partial charge is 0.507 e. The lowest BCUT2D eigenvalue weighted by molar-refractivity contribution is -0.171. The van der Waals surface area contributed by atoms with Crippen molar-refractivity contribution in [2.75, 3.05) is 13.1 Å². The second-order valence-electron chi connectivity index (χ2n) is 10.9. The molecular formula is C29H26ClF6N3O6S2. The highest BCUT2D eigenvalue weighted by Crippen LogP contribution is 2.45. The van der Waals surface area contributed by atoms with E-state index in [1.807, 2.05) is 0 Å². The first-order valence-corrected chi connectivity index (χ1v) is 16.3. The molecule has 2 aliphatic rings. The first-order valence-electron chi connectivity index (χ1n) is 14.2. The number of carbonyl (C=O) groups excluding carboxylic acids is 2. The minimum Gasteiger partial charge on any atom is -0.474 e. The maximum absolute atomic E-state index is 14.9. The highest BCUT2D eigenvalue weighted by molar-refractivity contribution is 7.16. The van der Waals surface area contributed by atoms with E-state index in [9.17, 15) is 45.8 Å². The molecule has 9 nitrogen and oxygen atoms in total. The van der Waals surface area contributed by atoms with Crippen LogP contribution in [0.5, 0.6) is 5.75 Å². The minimum absolute atomic E-state index is 0.00400. The van der Waals surface area contributed by atoms with E-state index in [-0.39, 0.29) is 56.5 Å². The number of nitrogens with zero attached hydrogens (tertiary/aromatic N) is 3. The van der Waals surface area contributed by atoms with E-state index in [2.05, 4.69) is 4.98 Å². The van der Waals surface area contributed by atoms with Gasteiger partial charge in [0.15, 0.2) is 0 Å². The van der Waals surface area contributed by atoms with Gasteiger partial charge < -0.3 is 19.5 Å². The van der Waals surface area contributed by atoms with Gasteiger partial charge in [-0.2, -0.15) is 26.3 Å². The van der Waals surface area contributed by atoms with Gasteiger partial charge in [-0.05, 0) is 31.0 Å². The van der Waals surface area contributed by atoms with Gasteiger partial charge in [-0.25, -0.2) is 4.79 Å². The maximum Gasteiger partial charge on any atom is 0.507 e. The predicted molar refractivity (Wildman–Crippen MR) is 157 cm³/mol. The lowest BCUT2D eigenvalue weighted by Gasteiger charge is -2.50. The van der Waals surface area contributed by atoms with Crippen molar-refractivity contribution in [1.29, 1.82) is 0 Å². The summed E-state index contributed by atoms with van der Waals surface area (Å²) in [7, 11) is 0. The summed E-state index contributed by atoms with van der Waals surface area (Å²) in [4.78, 5) is 46.0. The van der Waals surface area contributed by atoms with Gasteiger partial charge in [0, 0.05) is 54.0 Å². The fraction of sp³-hybridized carbons (Fsp3) is 0.448. The average molecular weight is 726 g/mol. The number of pyridine rings is 1. The normalized spacial score (nSPS) is 21.7. The zero-order valence-corrected chi connectivity index (χ0v) is 26.7. The number of piperidine rings is 1. The third kappa shape index (κ3) is 6.88. The maximum atomic E-state index is 14.9. The molecule has 0 spiro atoms. The van der Waals surface area contributed by atoms with Gasteiger partial charge in [-0.3, -0.25) is 19.5 Å². The van der Waals surface area contributed by atoms with Crippen molar-refractivity contribution in [1.82, 2.24) is 14.8 Å². The summed E-state index contributed by atoms with van der Waals surface area (Å²) in [6, 6.07) is 2.55. The monoisotopic (exact) mass is 725 g/mol. The highest BCUT2D eigenvalue weighted by Gasteiger charge is 2.57. The van der Waals surface area contributed by atoms with Crippen LogP contribution in [0, 0.1) is 0 Å². The quantitative estimate of drug-likeness (QED) is 0.195. The molecule has 0 aliphatic carbocycles. The molecule has 0 radical (unpaired) electrons. The van der Waals surface area contributed by atoms with Gasteiger partial charge in [-0.15, -0.1) is 22.7 Å². The van der Waals surface area contributed by atoms with Gasteiger partial charge in [-0.1, -0.05) is 24.9 Å². The molecule has 2 amide bonds. The summed E-state index contributed by atoms with van der Waals surface area (Å²) >= 11 is 7.66. The van der Waals surface area contributed by atoms with Crippen LogP contribution in [-0.4, -0.2) is 62.6 Å². The molecule has 5 rings (SSSR count). The van der Waals surface area contributed by atoms with Crippen LogP contribution in [0.4, 0.5) is 31.1 Å². The Labute approximate surface area is 276 Å². The average Bonchev–Trinajstić information content (AvgIpc) is 3.63. The second kappa shape index (κ2) is 13.1. The number of thiophene rings is 2. The van der Waals surface area contributed by atoms with Crippen LogP contribution in [0.2, 0.25) is 4.34 Å². The SMILES string of the molecule is CCC[C@H]1N(C(=O)c2ncccc2C(F)(F)F)CCC[C@@]1(Oc1csc(C(F)(F)F)c1)C(=O)N1CCc2sc(Cl)cc2C1OC(=O)O. The number of ether oxygens (including phenoxy) is 2. The van der Waals surface area contributed by atoms with E-state index >= 15 is 0 Å². The molecule has 3 atom stereocenters. The van der Waals surface area contributed by atoms with Crippen LogP contribution in [0.3, 0.4) is 0 Å². The van der Waals surface area contributed by atoms with Crippen LogP contribution in [0.1, 0.15) is 70.2 Å². The molecule has 1 N–H and O–H groups in total. The zero-order chi connectivity index (χ0) is 34.3. The van der Waals surface area contributed by atoms with Crippen molar-refractivity contribution in [2.24, 2.45) is 0 Å². The Morgan fingerprint density at radius 1 is 1.13 bits per heavy atom. The number of carboxylic acid groups (broad SMARTS) is 1. The molecule has 3 aromatic heterocycles. The summed E-state index contributed by atoms with van der Waals surface area (Å²) in [5.74, 6) is -2.42. The summed E-state index contributed by atoms with van der Waals surface area (Å²) in [6.45, 7) is 1.46. The number of alkyl halides is 6. The number of likely N-dealkylation sites (tertiary alicyclic amines) is 1. The van der Waals surface area contributed by atoms with E-state index in [1.54, 1.807) is 6.92 Å². The van der Waals surface area contributed by atoms with Crippen LogP contribution in [0.25, 0.3) is 0 Å². The third-order valence-electron chi connectivity index (χ3n) is 7.93. The van der Waals surface area contributed by atoms with Gasteiger partial charge in [0.2, 0.25) is 11.8 Å². The number of aromatic nitrogens is 1. The Kier molecular flexibility index (Phi) is 9.72. The molecule has 1 unspecified atom stereocenters. The zero-order valence-electron chi connectivity index (χ0n) is 24.4. The second-order valence-corrected chi connectivity index (χ2v) is 13.5. The number of amides is 2. The molecule has 47 heavy (non-hydrogen) atoms. The Bertz CT molecular complexity index is 1660. The van der Waals surface area contributed by atoms with Gasteiger partial charge in [0.25, 0.3) is 11.8 Å². The van der Waals surface area contributed by atoms with E-state index < -0.39 is 64.3 Å². The van der Waals surface area contributed by atoms with E-state index in [4.69, 9.17) is 21.1 Å². The molecule has 2 aliphatic heterocycles. The fourth-order valence-electron chi connectivity index (χ4n) is 6.07. The molecule has 5 heterocycles. The lowest BCUT2D eigenvalue weighted by Crippen LogP contribution is -2.68. The summed E-state index contributed by atoms with van der Waals surface area (Å²) in [5.41, 5.74) is -4.10. The van der Waals surface area contributed by atoms with Crippen molar-refractivity contribution >= 4 is 52.2 Å². The smallest absolute Gasteiger partial charge is 0.474 e. The molecule has 0 saturated carbocycles. The summed E-state index contributed by atoms with van der Waals surface area (Å²) in [6.07, 6.45) is -11.6. The number of fused-ring (bicyclic) bond motifs is 1. The standard InChI is InChI=1S/C29H26ClF6N3O6S2/c1-2-5-19-27(45-15-12-20(46-14-15)29(34,35)36,8-4-10-38(19)23(40)22-17(28(31,32)33)6-3-9-37-22)25(41)39-11-7-18-16(13-21(30)47-18)24(39)44-26(42)43/h3,6,9,12-14,19,24H,2,4-5,7-8,10-11H2,1H3,(H,42,43)/t19-,24?,27+/m1/s1. The van der Waals surface area contributed by atoms with E-state index in [0.29, 0.717) is 32.7 Å². The van der Waals surface area contributed by atoms with Crippen LogP contribution >= 0.6 is 34.3 Å². The van der Waals surface area contributed by atoms with Gasteiger partial charge in [0.05, 0.1) is 15.9 Å². The molecule has 18 heteroatoms. The molecule has 3 aromatic rings.